The molecule has 6 nitrogen and oxygen atoms in total. The lowest BCUT2D eigenvalue weighted by molar-refractivity contribution is 0.102. The van der Waals surface area contributed by atoms with Gasteiger partial charge in [0.1, 0.15) is 0 Å². The maximum Gasteiger partial charge on any atom is 0.262 e. The molecule has 162 valence electrons. The minimum Gasteiger partial charge on any atom is -0.320 e. The molecule has 2 aromatic carbocycles. The van der Waals surface area contributed by atoms with Crippen LogP contribution in [0.3, 0.4) is 0 Å². The number of carbonyl (C=O) groups excluding carboxylic acids is 1. The molecule has 0 unspecified atom stereocenters. The summed E-state index contributed by atoms with van der Waals surface area (Å²) in [7, 11) is -3.86. The van der Waals surface area contributed by atoms with E-state index in [1.165, 1.54) is 12.1 Å². The first-order valence-electron chi connectivity index (χ1n) is 9.64. The van der Waals surface area contributed by atoms with E-state index in [0.29, 0.717) is 33.8 Å². The number of anilines is 2. The van der Waals surface area contributed by atoms with E-state index in [9.17, 15) is 17.6 Å². The summed E-state index contributed by atoms with van der Waals surface area (Å²) >= 11 is 0. The third kappa shape index (κ3) is 4.91. The van der Waals surface area contributed by atoms with Crippen LogP contribution in [0.25, 0.3) is 0 Å². The zero-order valence-corrected chi connectivity index (χ0v) is 18.8. The van der Waals surface area contributed by atoms with Crippen molar-refractivity contribution in [1.29, 1.82) is 0 Å². The Morgan fingerprint density at radius 3 is 2.13 bits per heavy atom. The monoisotopic (exact) mass is 441 g/mol. The van der Waals surface area contributed by atoms with Crippen molar-refractivity contribution < 1.29 is 17.6 Å². The lowest BCUT2D eigenvalue weighted by Gasteiger charge is -2.16. The third-order valence-electron chi connectivity index (χ3n) is 4.92. The predicted molar refractivity (Wildman–Crippen MR) is 120 cm³/mol. The van der Waals surface area contributed by atoms with Crippen molar-refractivity contribution in [3.05, 3.63) is 81.9 Å². The Morgan fingerprint density at radius 2 is 1.52 bits per heavy atom. The number of halogens is 1. The van der Waals surface area contributed by atoms with Crippen LogP contribution in [0.4, 0.5) is 15.8 Å². The molecule has 0 saturated heterocycles. The number of sulfonamides is 1. The number of hydrogen-bond acceptors (Lipinski definition) is 4. The first-order valence-corrected chi connectivity index (χ1v) is 11.1. The van der Waals surface area contributed by atoms with Crippen molar-refractivity contribution in [2.45, 2.75) is 39.5 Å². The summed E-state index contributed by atoms with van der Waals surface area (Å²) in [6, 6.07) is 11.0. The van der Waals surface area contributed by atoms with Gasteiger partial charge in [-0.1, -0.05) is 23.8 Å². The van der Waals surface area contributed by atoms with Crippen molar-refractivity contribution in [2.75, 3.05) is 10.0 Å². The van der Waals surface area contributed by atoms with Gasteiger partial charge in [-0.05, 0) is 75.6 Å². The molecule has 1 amide bonds. The molecule has 0 aliphatic carbocycles. The third-order valence-corrected chi connectivity index (χ3v) is 6.59. The molecule has 0 saturated carbocycles. The second-order valence-electron chi connectivity index (χ2n) is 7.58. The number of hydrogen-bond donors (Lipinski definition) is 2. The highest BCUT2D eigenvalue weighted by Gasteiger charge is 2.21. The molecule has 1 heterocycles. The summed E-state index contributed by atoms with van der Waals surface area (Å²) in [6.45, 7) is 8.76. The van der Waals surface area contributed by atoms with Crippen LogP contribution in [0.2, 0.25) is 0 Å². The molecule has 3 aromatic rings. The van der Waals surface area contributed by atoms with E-state index in [2.05, 4.69) is 15.0 Å². The smallest absolute Gasteiger partial charge is 0.262 e. The SMILES string of the molecule is Cc1cc(C)c(S(=O)(=O)Nc2cc(C(=O)Nc3ccc(F)nc3C)ccc2C)c(C)c1. The number of amides is 1. The zero-order valence-electron chi connectivity index (χ0n) is 18.0. The van der Waals surface area contributed by atoms with Crippen LogP contribution in [-0.2, 0) is 10.0 Å². The van der Waals surface area contributed by atoms with Crippen LogP contribution in [-0.4, -0.2) is 19.3 Å². The van der Waals surface area contributed by atoms with Gasteiger partial charge >= 0.3 is 0 Å². The van der Waals surface area contributed by atoms with Crippen molar-refractivity contribution in [1.82, 2.24) is 4.98 Å². The summed E-state index contributed by atoms with van der Waals surface area (Å²) in [4.78, 5) is 16.6. The summed E-state index contributed by atoms with van der Waals surface area (Å²) < 4.78 is 42.0. The van der Waals surface area contributed by atoms with Crippen molar-refractivity contribution in [3.8, 4) is 0 Å². The van der Waals surface area contributed by atoms with Gasteiger partial charge in [-0.25, -0.2) is 13.4 Å². The number of nitrogens with zero attached hydrogens (tertiary/aromatic N) is 1. The predicted octanol–water partition coefficient (Wildman–Crippen LogP) is 4.82. The molecule has 0 spiro atoms. The van der Waals surface area contributed by atoms with Gasteiger partial charge in [-0.2, -0.15) is 4.39 Å². The molecule has 2 N–H and O–H groups in total. The zero-order chi connectivity index (χ0) is 22.9. The average Bonchev–Trinajstić information content (AvgIpc) is 2.64. The van der Waals surface area contributed by atoms with Crippen LogP contribution >= 0.6 is 0 Å². The summed E-state index contributed by atoms with van der Waals surface area (Å²) in [5.74, 6) is -1.09. The van der Waals surface area contributed by atoms with Crippen LogP contribution in [0.5, 0.6) is 0 Å². The minimum atomic E-state index is -3.86. The van der Waals surface area contributed by atoms with E-state index in [0.717, 1.165) is 11.6 Å². The van der Waals surface area contributed by atoms with Gasteiger partial charge in [0.15, 0.2) is 0 Å². The number of benzene rings is 2. The van der Waals surface area contributed by atoms with Gasteiger partial charge < -0.3 is 5.32 Å². The molecule has 0 aliphatic rings. The topological polar surface area (TPSA) is 88.2 Å². The lowest BCUT2D eigenvalue weighted by atomic mass is 10.1. The van der Waals surface area contributed by atoms with Crippen LogP contribution in [0, 0.1) is 40.6 Å². The highest BCUT2D eigenvalue weighted by atomic mass is 32.2. The number of nitrogens with one attached hydrogen (secondary N) is 2. The Kier molecular flexibility index (Phi) is 6.13. The number of aryl methyl sites for hydroxylation is 5. The quantitative estimate of drug-likeness (QED) is 0.556. The minimum absolute atomic E-state index is 0.223. The molecule has 31 heavy (non-hydrogen) atoms. The standard InChI is InChI=1S/C23H24FN3O3S/c1-13-10-15(3)22(16(4)11-13)31(29,30)27-20-12-18(7-6-14(20)2)23(28)26-19-8-9-21(24)25-17(19)5/h6-12,27H,1-5H3,(H,26,28). The Labute approximate surface area is 181 Å². The van der Waals surface area contributed by atoms with Gasteiger partial charge in [-0.3, -0.25) is 9.52 Å². The highest BCUT2D eigenvalue weighted by Crippen LogP contribution is 2.26. The van der Waals surface area contributed by atoms with Crippen LogP contribution < -0.4 is 10.0 Å². The van der Waals surface area contributed by atoms with Gasteiger partial charge in [0, 0.05) is 5.56 Å². The van der Waals surface area contributed by atoms with E-state index >= 15 is 0 Å². The van der Waals surface area contributed by atoms with E-state index < -0.39 is 21.9 Å². The average molecular weight is 442 g/mol. The second-order valence-corrected chi connectivity index (χ2v) is 9.20. The molecule has 0 radical (unpaired) electrons. The molecule has 0 fully saturated rings. The van der Waals surface area contributed by atoms with Crippen molar-refractivity contribution in [3.63, 3.8) is 0 Å². The molecule has 0 atom stereocenters. The summed E-state index contributed by atoms with van der Waals surface area (Å²) in [5.41, 5.74) is 4.22. The van der Waals surface area contributed by atoms with E-state index in [1.54, 1.807) is 39.8 Å². The number of pyridine rings is 1. The fourth-order valence-corrected chi connectivity index (χ4v) is 5.09. The molecule has 8 heteroatoms. The van der Waals surface area contributed by atoms with Gasteiger partial charge in [0.25, 0.3) is 15.9 Å². The number of carbonyl (C=O) groups is 1. The highest BCUT2D eigenvalue weighted by molar-refractivity contribution is 7.92. The van der Waals surface area contributed by atoms with Gasteiger partial charge in [-0.15, -0.1) is 0 Å². The molecular weight excluding hydrogens is 417 g/mol. The van der Waals surface area contributed by atoms with Gasteiger partial charge in [0.2, 0.25) is 5.95 Å². The lowest BCUT2D eigenvalue weighted by Crippen LogP contribution is -2.18. The first-order chi connectivity index (χ1) is 14.5. The number of aromatic nitrogens is 1. The maximum absolute atomic E-state index is 13.2. The van der Waals surface area contributed by atoms with Crippen molar-refractivity contribution >= 4 is 27.3 Å². The fourth-order valence-electron chi connectivity index (χ4n) is 3.52. The molecular formula is C23H24FN3O3S. The fraction of sp³-hybridized carbons (Fsp3) is 0.217. The van der Waals surface area contributed by atoms with E-state index in [-0.39, 0.29) is 10.5 Å². The largest absolute Gasteiger partial charge is 0.320 e. The second kappa shape index (κ2) is 8.47. The molecule has 1 aromatic heterocycles. The Morgan fingerprint density at radius 1 is 0.871 bits per heavy atom. The Balaban J connectivity index is 1.92. The van der Waals surface area contributed by atoms with Gasteiger partial charge in [0.05, 0.1) is 22.0 Å². The summed E-state index contributed by atoms with van der Waals surface area (Å²) in [5, 5.41) is 2.67. The summed E-state index contributed by atoms with van der Waals surface area (Å²) in [6.07, 6.45) is 0. The van der Waals surface area contributed by atoms with E-state index in [4.69, 9.17) is 0 Å². The molecule has 0 bridgehead atoms. The normalized spacial score (nSPS) is 11.3. The number of rotatable bonds is 5. The van der Waals surface area contributed by atoms with Crippen LogP contribution in [0.15, 0.2) is 47.4 Å². The van der Waals surface area contributed by atoms with Crippen molar-refractivity contribution in [2.24, 2.45) is 0 Å². The Hall–Kier alpha value is -3.26. The molecule has 0 aliphatic heterocycles. The first kappa shape index (κ1) is 22.4. The maximum atomic E-state index is 13.2. The van der Waals surface area contributed by atoms with Crippen LogP contribution in [0.1, 0.15) is 38.3 Å². The van der Waals surface area contributed by atoms with E-state index in [1.807, 2.05) is 19.1 Å². The Bertz CT molecular complexity index is 1260. The molecule has 3 rings (SSSR count).